The fourth-order valence-corrected chi connectivity index (χ4v) is 2.47. The van der Waals surface area contributed by atoms with Gasteiger partial charge >= 0.3 is 7.12 Å². The van der Waals surface area contributed by atoms with Gasteiger partial charge in [-0.3, -0.25) is 0 Å². The van der Waals surface area contributed by atoms with Gasteiger partial charge < -0.3 is 9.31 Å². The zero-order valence-electron chi connectivity index (χ0n) is 13.0. The molecule has 0 aliphatic carbocycles. The lowest BCUT2D eigenvalue weighted by Gasteiger charge is -2.32. The Balaban J connectivity index is 2.02. The minimum absolute atomic E-state index is 0.332. The maximum Gasteiger partial charge on any atom is 0.495 e. The summed E-state index contributed by atoms with van der Waals surface area (Å²) in [6, 6.07) is 19.5. The molecular weight excluding hydrogens is 259 g/mol. The van der Waals surface area contributed by atoms with Crippen molar-refractivity contribution in [1.29, 1.82) is 0 Å². The molecule has 3 rings (SSSR count). The molecule has 1 radical (unpaired) electrons. The molecule has 2 aromatic rings. The SMILES string of the molecule is CC1(C)OB(c2ccc[c]c2-c2ccccc2)OC1(C)C. The van der Waals surface area contributed by atoms with Gasteiger partial charge in [0.1, 0.15) is 0 Å². The van der Waals surface area contributed by atoms with Crippen LogP contribution in [-0.2, 0) is 9.31 Å². The molecule has 1 saturated heterocycles. The van der Waals surface area contributed by atoms with Crippen LogP contribution in [0.4, 0.5) is 0 Å². The van der Waals surface area contributed by atoms with E-state index in [9.17, 15) is 0 Å². The monoisotopic (exact) mass is 279 g/mol. The average molecular weight is 279 g/mol. The fourth-order valence-electron chi connectivity index (χ4n) is 2.47. The van der Waals surface area contributed by atoms with Crippen LogP contribution in [0, 0.1) is 6.07 Å². The second-order valence-electron chi connectivity index (χ2n) is 6.45. The van der Waals surface area contributed by atoms with Crippen molar-refractivity contribution in [2.75, 3.05) is 0 Å². The van der Waals surface area contributed by atoms with E-state index in [1.54, 1.807) is 0 Å². The Bertz CT molecular complexity index is 619. The Morgan fingerprint density at radius 3 is 2.10 bits per heavy atom. The summed E-state index contributed by atoms with van der Waals surface area (Å²) < 4.78 is 12.3. The highest BCUT2D eigenvalue weighted by molar-refractivity contribution is 6.63. The molecule has 1 aliphatic heterocycles. The number of hydrogen-bond donors (Lipinski definition) is 0. The van der Waals surface area contributed by atoms with Crippen molar-refractivity contribution in [2.24, 2.45) is 0 Å². The van der Waals surface area contributed by atoms with Gasteiger partial charge in [0.2, 0.25) is 0 Å². The predicted molar refractivity (Wildman–Crippen MR) is 86.4 cm³/mol. The van der Waals surface area contributed by atoms with Crippen molar-refractivity contribution >= 4 is 12.6 Å². The van der Waals surface area contributed by atoms with Crippen molar-refractivity contribution in [2.45, 2.75) is 38.9 Å². The first-order chi connectivity index (χ1) is 9.91. The third kappa shape index (κ3) is 2.52. The standard InChI is InChI=1S/C18H20BO2/c1-17(2)18(3,4)21-19(20-17)16-13-9-8-12-15(16)14-10-6-5-7-11-14/h5-11,13H,1-4H3. The lowest BCUT2D eigenvalue weighted by molar-refractivity contribution is 0.00578. The van der Waals surface area contributed by atoms with Crippen molar-refractivity contribution in [3.63, 3.8) is 0 Å². The lowest BCUT2D eigenvalue weighted by atomic mass is 9.74. The molecule has 3 heteroatoms. The van der Waals surface area contributed by atoms with Crippen molar-refractivity contribution in [3.8, 4) is 11.1 Å². The van der Waals surface area contributed by atoms with Gasteiger partial charge in [-0.05, 0) is 50.4 Å². The molecule has 107 valence electrons. The molecule has 0 amide bonds. The summed E-state index contributed by atoms with van der Waals surface area (Å²) in [6.45, 7) is 8.29. The molecule has 0 aromatic heterocycles. The van der Waals surface area contributed by atoms with Crippen LogP contribution in [0.15, 0.2) is 48.5 Å². The highest BCUT2D eigenvalue weighted by atomic mass is 16.7. The fraction of sp³-hybridized carbons (Fsp3) is 0.333. The molecule has 1 heterocycles. The van der Waals surface area contributed by atoms with E-state index < -0.39 is 0 Å². The van der Waals surface area contributed by atoms with Gasteiger partial charge in [0.05, 0.1) is 11.2 Å². The maximum absolute atomic E-state index is 6.17. The van der Waals surface area contributed by atoms with E-state index in [1.807, 2.05) is 30.3 Å². The zero-order chi connectivity index (χ0) is 15.1. The Labute approximate surface area is 127 Å². The number of benzene rings is 2. The van der Waals surface area contributed by atoms with Gasteiger partial charge in [-0.1, -0.05) is 48.5 Å². The van der Waals surface area contributed by atoms with Crippen LogP contribution in [0.1, 0.15) is 27.7 Å². The Morgan fingerprint density at radius 2 is 1.48 bits per heavy atom. The summed E-state index contributed by atoms with van der Waals surface area (Å²) >= 11 is 0. The molecule has 2 aromatic carbocycles. The molecule has 0 atom stereocenters. The molecule has 0 unspecified atom stereocenters. The Kier molecular flexibility index (Phi) is 3.43. The van der Waals surface area contributed by atoms with Crippen LogP contribution >= 0.6 is 0 Å². The van der Waals surface area contributed by atoms with Crippen molar-refractivity contribution in [1.82, 2.24) is 0 Å². The van der Waals surface area contributed by atoms with Gasteiger partial charge in [0.25, 0.3) is 0 Å². The van der Waals surface area contributed by atoms with Gasteiger partial charge in [-0.2, -0.15) is 0 Å². The van der Waals surface area contributed by atoms with E-state index in [2.05, 4.69) is 52.0 Å². The van der Waals surface area contributed by atoms with Crippen LogP contribution in [0.2, 0.25) is 0 Å². The van der Waals surface area contributed by atoms with E-state index in [-0.39, 0.29) is 18.3 Å². The number of rotatable bonds is 2. The van der Waals surface area contributed by atoms with Crippen LogP contribution in [-0.4, -0.2) is 18.3 Å². The van der Waals surface area contributed by atoms with Gasteiger partial charge in [0, 0.05) is 0 Å². The summed E-state index contributed by atoms with van der Waals surface area (Å²) in [5.74, 6) is 0. The third-order valence-corrected chi connectivity index (χ3v) is 4.46. The second-order valence-corrected chi connectivity index (χ2v) is 6.45. The summed E-state index contributed by atoms with van der Waals surface area (Å²) in [6.07, 6.45) is 0. The lowest BCUT2D eigenvalue weighted by Crippen LogP contribution is -2.41. The summed E-state index contributed by atoms with van der Waals surface area (Å²) in [5.41, 5.74) is 2.53. The normalized spacial score (nSPS) is 19.7. The third-order valence-electron chi connectivity index (χ3n) is 4.46. The molecule has 1 aliphatic rings. The Morgan fingerprint density at radius 1 is 0.857 bits per heavy atom. The summed E-state index contributed by atoms with van der Waals surface area (Å²) in [4.78, 5) is 0. The molecule has 0 spiro atoms. The largest absolute Gasteiger partial charge is 0.495 e. The second kappa shape index (κ2) is 5.01. The molecule has 0 bridgehead atoms. The van der Waals surface area contributed by atoms with Crippen LogP contribution in [0.25, 0.3) is 11.1 Å². The van der Waals surface area contributed by atoms with Crippen LogP contribution in [0.5, 0.6) is 0 Å². The minimum atomic E-state index is -0.359. The quantitative estimate of drug-likeness (QED) is 0.784. The molecular formula is C18H20BO2. The van der Waals surface area contributed by atoms with E-state index in [4.69, 9.17) is 9.31 Å². The zero-order valence-corrected chi connectivity index (χ0v) is 13.0. The van der Waals surface area contributed by atoms with E-state index in [0.29, 0.717) is 0 Å². The minimum Gasteiger partial charge on any atom is -0.399 e. The van der Waals surface area contributed by atoms with E-state index in [0.717, 1.165) is 16.6 Å². The molecule has 2 nitrogen and oxygen atoms in total. The highest BCUT2D eigenvalue weighted by Gasteiger charge is 2.52. The average Bonchev–Trinajstić information content (AvgIpc) is 2.68. The molecule has 0 N–H and O–H groups in total. The van der Waals surface area contributed by atoms with Gasteiger partial charge in [-0.25, -0.2) is 0 Å². The van der Waals surface area contributed by atoms with Crippen LogP contribution < -0.4 is 5.46 Å². The maximum atomic E-state index is 6.17. The van der Waals surface area contributed by atoms with Crippen LogP contribution in [0.3, 0.4) is 0 Å². The summed E-state index contributed by atoms with van der Waals surface area (Å²) in [5, 5.41) is 0. The predicted octanol–water partition coefficient (Wildman–Crippen LogP) is 3.45. The van der Waals surface area contributed by atoms with Crippen molar-refractivity contribution < 1.29 is 9.31 Å². The first kappa shape index (κ1) is 14.4. The molecule has 1 fully saturated rings. The topological polar surface area (TPSA) is 18.5 Å². The number of hydrogen-bond acceptors (Lipinski definition) is 2. The first-order valence-corrected chi connectivity index (χ1v) is 7.32. The first-order valence-electron chi connectivity index (χ1n) is 7.32. The Hall–Kier alpha value is -1.58. The van der Waals surface area contributed by atoms with Gasteiger partial charge in [0.15, 0.2) is 0 Å². The highest BCUT2D eigenvalue weighted by Crippen LogP contribution is 2.37. The van der Waals surface area contributed by atoms with E-state index >= 15 is 0 Å². The molecule has 0 saturated carbocycles. The van der Waals surface area contributed by atoms with E-state index in [1.165, 1.54) is 0 Å². The molecule has 21 heavy (non-hydrogen) atoms. The smallest absolute Gasteiger partial charge is 0.399 e. The summed E-state index contributed by atoms with van der Waals surface area (Å²) in [7, 11) is -0.359. The van der Waals surface area contributed by atoms with Gasteiger partial charge in [-0.15, -0.1) is 0 Å². The van der Waals surface area contributed by atoms with Crippen molar-refractivity contribution in [3.05, 3.63) is 54.6 Å².